The van der Waals surface area contributed by atoms with Gasteiger partial charge in [0, 0.05) is 163 Å². The Morgan fingerprint density at radius 2 is 0.552 bits per heavy atom. The predicted molar refractivity (Wildman–Crippen MR) is 604 cm³/mol. The van der Waals surface area contributed by atoms with Crippen LogP contribution in [0.1, 0.15) is 25.0 Å². The Bertz CT molecular complexity index is 10500. The molecule has 0 aliphatic heterocycles. The molecule has 11 aromatic heterocycles. The third kappa shape index (κ3) is 13.5. The molecule has 670 valence electrons. The van der Waals surface area contributed by atoms with Crippen LogP contribution in [0, 0.1) is 0 Å². The van der Waals surface area contributed by atoms with Crippen molar-refractivity contribution in [1.29, 1.82) is 0 Å². The lowest BCUT2D eigenvalue weighted by atomic mass is 9.82. The Labute approximate surface area is 835 Å². The maximum absolute atomic E-state index is 6.31. The van der Waals surface area contributed by atoms with Crippen LogP contribution < -0.4 is 0 Å². The number of thiophene rings is 4. The van der Waals surface area contributed by atoms with Crippen molar-refractivity contribution in [3.05, 3.63) is 454 Å². The smallest absolute Gasteiger partial charge is 0.235 e. The molecule has 0 amide bonds. The Morgan fingerprint density at radius 3 is 1.15 bits per heavy atom. The molecule has 0 N–H and O–H groups in total. The molecule has 11 heterocycles. The highest BCUT2D eigenvalue weighted by atomic mass is 32.1. The van der Waals surface area contributed by atoms with Gasteiger partial charge in [0.15, 0.2) is 0 Å². The van der Waals surface area contributed by atoms with Crippen molar-refractivity contribution in [2.75, 3.05) is 0 Å². The number of nitrogens with zero attached hydrogens (tertiary/aromatic N) is 9. The fourth-order valence-electron chi connectivity index (χ4n) is 22.1. The van der Waals surface area contributed by atoms with Crippen LogP contribution in [0.5, 0.6) is 0 Å². The molecule has 0 bridgehead atoms. The van der Waals surface area contributed by atoms with Crippen molar-refractivity contribution in [1.82, 2.24) is 43.6 Å². The van der Waals surface area contributed by atoms with Gasteiger partial charge in [0.1, 0.15) is 11.2 Å². The SMILES string of the molecule is CC1(C)c2ccccc2-c2cc3c(cc21)c1ccccc1n3-c1nc(-c2ccccc2)cc(-c2ccc3sc4ccccc4c3c2)n1.c1ccc(-c2cc(-c3cccc4sc5ccccc5c34)nc(-n3c4ccccc4c4cc5oc6ccccc6c5cc43)n2)cc1.c1ccc(-c2ccc(-c3cc(-c4ccc5c(c4)sc4ccccc45)nc(-n4c5ccccc5c5cc6sc7ccccc7c6cc54)n3)cc2)cc1. The normalized spacial score (nSPS) is 12.5. The van der Waals surface area contributed by atoms with E-state index in [0.717, 1.165) is 133 Å². The third-order valence-corrected chi connectivity index (χ3v) is 33.5. The molecule has 1 aliphatic rings. The molecule has 0 fully saturated rings. The van der Waals surface area contributed by atoms with Gasteiger partial charge in [-0.15, -0.1) is 45.3 Å². The molecule has 31 rings (SSSR count). The Hall–Kier alpha value is -17.5. The summed E-state index contributed by atoms with van der Waals surface area (Å²) in [4.78, 5) is 32.0. The molecule has 143 heavy (non-hydrogen) atoms. The minimum Gasteiger partial charge on any atom is -0.456 e. The molecule has 0 saturated heterocycles. The van der Waals surface area contributed by atoms with E-state index in [-0.39, 0.29) is 5.41 Å². The highest BCUT2D eigenvalue weighted by Crippen LogP contribution is 2.53. The van der Waals surface area contributed by atoms with Crippen LogP contribution in [-0.2, 0) is 5.41 Å². The summed E-state index contributed by atoms with van der Waals surface area (Å²) in [6, 6.07) is 158. The molecule has 1 aliphatic carbocycles. The molecule has 19 aromatic carbocycles. The van der Waals surface area contributed by atoms with Crippen LogP contribution in [0.4, 0.5) is 0 Å². The lowest BCUT2D eigenvalue weighted by Crippen LogP contribution is -2.14. The minimum atomic E-state index is -0.0787. The fourth-order valence-corrected chi connectivity index (χ4v) is 26.6. The second-order valence-electron chi connectivity index (χ2n) is 37.5. The van der Waals surface area contributed by atoms with E-state index < -0.39 is 0 Å². The lowest BCUT2D eigenvalue weighted by molar-refractivity contribution is 0.661. The average Bonchev–Trinajstić information content (AvgIpc) is 1.70. The molecule has 0 unspecified atom stereocenters. The summed E-state index contributed by atoms with van der Waals surface area (Å²) in [5.74, 6) is 1.98. The van der Waals surface area contributed by atoms with E-state index in [0.29, 0.717) is 17.8 Å². The number of aromatic nitrogens is 9. The van der Waals surface area contributed by atoms with E-state index >= 15 is 0 Å². The van der Waals surface area contributed by atoms with Gasteiger partial charge in [-0.1, -0.05) is 329 Å². The van der Waals surface area contributed by atoms with Gasteiger partial charge < -0.3 is 4.42 Å². The summed E-state index contributed by atoms with van der Waals surface area (Å²) >= 11 is 7.34. The first-order valence-corrected chi connectivity index (χ1v) is 51.4. The molecule has 14 heteroatoms. The van der Waals surface area contributed by atoms with Crippen molar-refractivity contribution in [2.24, 2.45) is 0 Å². The molecular weight excluding hydrogens is 1820 g/mol. The molecule has 0 atom stereocenters. The highest BCUT2D eigenvalue weighted by Gasteiger charge is 2.37. The van der Waals surface area contributed by atoms with Gasteiger partial charge in [0.25, 0.3) is 0 Å². The number of fused-ring (bicyclic) bond motifs is 27. The summed E-state index contributed by atoms with van der Waals surface area (Å²) in [7, 11) is 0. The fraction of sp³-hybridized carbons (Fsp3) is 0.0233. The number of hydrogen-bond acceptors (Lipinski definition) is 11. The molecule has 0 radical (unpaired) electrons. The lowest BCUT2D eigenvalue weighted by Gasteiger charge is -2.21. The van der Waals surface area contributed by atoms with E-state index in [1.165, 1.54) is 136 Å². The van der Waals surface area contributed by atoms with E-state index in [2.05, 4.69) is 452 Å². The standard InChI is InChI=1S/C46H27N3S2.C43H29N3S.C40H23N3OS/c1-2-10-28(11-3-1)29-18-20-30(21-19-29)38-27-39(31-22-23-35-33-13-5-8-16-42(33)50-44(35)24-31)48-46(47-38)49-40-15-7-4-12-32(40)36-26-45-37(25-41(36)49)34-14-6-9-17-43(34)51-45;1-43(2)34-17-9-6-14-28(34)31-24-39-32(23-35(31)43)29-15-7-10-18-38(29)46(39)42-44-36(26-12-4-3-5-13-26)25-37(45-42)27-20-21-41-33(22-27)30-16-8-11-19-40(30)47-41;1-2-11-24(12-3-1)31-23-32(27-16-10-20-38-39(27)28-15-6-9-19-37(28)45-38)42-40(41-31)43-33-17-7-4-13-25(33)29-22-36-30(21-34(29)43)26-14-5-8-18-35(26)44-36/h1-27H;3-25H,1-2H3;1-23H. The second kappa shape index (κ2) is 32.8. The first kappa shape index (κ1) is 82.6. The van der Waals surface area contributed by atoms with Gasteiger partial charge in [-0.05, 0) is 161 Å². The van der Waals surface area contributed by atoms with Crippen molar-refractivity contribution in [3.63, 3.8) is 0 Å². The first-order valence-electron chi connectivity index (χ1n) is 48.2. The zero-order chi connectivity index (χ0) is 94.2. The van der Waals surface area contributed by atoms with Crippen LogP contribution in [0.3, 0.4) is 0 Å². The highest BCUT2D eigenvalue weighted by molar-refractivity contribution is 7.27. The van der Waals surface area contributed by atoms with Crippen molar-refractivity contribution >= 4 is 213 Å². The maximum atomic E-state index is 6.31. The van der Waals surface area contributed by atoms with Gasteiger partial charge in [-0.2, -0.15) is 0 Å². The number of rotatable bonds is 10. The van der Waals surface area contributed by atoms with Crippen molar-refractivity contribution < 1.29 is 4.42 Å². The number of benzene rings is 19. The zero-order valence-corrected chi connectivity index (χ0v) is 80.5. The monoisotopic (exact) mass is 1900 g/mol. The molecule has 0 spiro atoms. The Morgan fingerprint density at radius 1 is 0.189 bits per heavy atom. The van der Waals surface area contributed by atoms with Crippen LogP contribution in [0.15, 0.2) is 447 Å². The molecule has 30 aromatic rings. The van der Waals surface area contributed by atoms with Crippen LogP contribution in [-0.4, -0.2) is 43.6 Å². The molecule has 10 nitrogen and oxygen atoms in total. The second-order valence-corrected chi connectivity index (χ2v) is 41.8. The van der Waals surface area contributed by atoms with E-state index in [4.69, 9.17) is 34.3 Å². The van der Waals surface area contributed by atoms with Gasteiger partial charge in [-0.25, -0.2) is 29.9 Å². The Kier molecular flexibility index (Phi) is 19.0. The van der Waals surface area contributed by atoms with Gasteiger partial charge in [0.2, 0.25) is 17.8 Å². The summed E-state index contributed by atoms with van der Waals surface area (Å²) in [6.07, 6.45) is 0. The Balaban J connectivity index is 0.000000102. The number of para-hydroxylation sites is 4. The van der Waals surface area contributed by atoms with Gasteiger partial charge in [-0.3, -0.25) is 13.7 Å². The van der Waals surface area contributed by atoms with Gasteiger partial charge >= 0.3 is 0 Å². The molecule has 0 saturated carbocycles. The maximum Gasteiger partial charge on any atom is 0.235 e. The summed E-state index contributed by atoms with van der Waals surface area (Å²) in [5, 5.41) is 19.4. The predicted octanol–water partition coefficient (Wildman–Crippen LogP) is 36.1. The first-order chi connectivity index (χ1) is 70.6. The molecular formula is C129H79N9OS4. The van der Waals surface area contributed by atoms with E-state index in [9.17, 15) is 0 Å². The topological polar surface area (TPSA) is 105 Å². The number of furan rings is 1. The summed E-state index contributed by atoms with van der Waals surface area (Å²) in [6.45, 7) is 4.68. The minimum absolute atomic E-state index is 0.0787. The largest absolute Gasteiger partial charge is 0.456 e. The van der Waals surface area contributed by atoms with Crippen LogP contribution in [0.2, 0.25) is 0 Å². The van der Waals surface area contributed by atoms with Crippen molar-refractivity contribution in [3.8, 4) is 108 Å². The summed E-state index contributed by atoms with van der Waals surface area (Å²) < 4.78 is 23.3. The third-order valence-electron chi connectivity index (χ3n) is 28.9. The van der Waals surface area contributed by atoms with Crippen LogP contribution >= 0.6 is 45.3 Å². The van der Waals surface area contributed by atoms with E-state index in [1.54, 1.807) is 0 Å². The quantitative estimate of drug-likeness (QED) is 0.134. The average molecular weight is 1900 g/mol. The summed E-state index contributed by atoms with van der Waals surface area (Å²) in [5.41, 5.74) is 27.7. The van der Waals surface area contributed by atoms with Crippen molar-refractivity contribution in [2.45, 2.75) is 19.3 Å². The number of hydrogen-bond donors (Lipinski definition) is 0. The van der Waals surface area contributed by atoms with Crippen LogP contribution in [0.25, 0.3) is 276 Å². The van der Waals surface area contributed by atoms with E-state index in [1.807, 2.05) is 63.5 Å². The zero-order valence-electron chi connectivity index (χ0n) is 77.2. The van der Waals surface area contributed by atoms with Gasteiger partial charge in [0.05, 0.1) is 67.3 Å².